The van der Waals surface area contributed by atoms with Crippen molar-refractivity contribution in [1.82, 2.24) is 30.0 Å². The van der Waals surface area contributed by atoms with Crippen molar-refractivity contribution in [3.63, 3.8) is 0 Å². The number of halogens is 1. The molecule has 1 aromatic heterocycles. The molecule has 3 fully saturated rings. The van der Waals surface area contributed by atoms with Crippen LogP contribution in [-0.2, 0) is 25.5 Å². The number of hydrogen-bond acceptors (Lipinski definition) is 13. The van der Waals surface area contributed by atoms with Crippen LogP contribution in [0.2, 0.25) is 5.02 Å². The number of para-hydroxylation sites is 1. The normalized spacial score (nSPS) is 19.1. The molecule has 3 saturated heterocycles. The zero-order valence-electron chi connectivity index (χ0n) is 35.4. The van der Waals surface area contributed by atoms with Crippen LogP contribution in [-0.4, -0.2) is 121 Å². The molecule has 1 unspecified atom stereocenters. The Balaban J connectivity index is 0.801. The average Bonchev–Trinajstić information content (AvgIpc) is 3.65. The predicted molar refractivity (Wildman–Crippen MR) is 246 cm³/mol. The Morgan fingerprint density at radius 2 is 1.76 bits per heavy atom. The molecule has 4 aromatic rings. The first-order chi connectivity index (χ1) is 30.0. The number of benzene rings is 3. The van der Waals surface area contributed by atoms with Crippen LogP contribution >= 0.6 is 18.7 Å². The van der Waals surface area contributed by atoms with E-state index in [0.29, 0.717) is 52.9 Å². The van der Waals surface area contributed by atoms with Crippen LogP contribution in [0.1, 0.15) is 48.8 Å². The summed E-state index contributed by atoms with van der Waals surface area (Å²) in [5, 5.41) is 10.0. The molecule has 16 heteroatoms. The summed E-state index contributed by atoms with van der Waals surface area (Å²) in [6.45, 7) is 11.0. The van der Waals surface area contributed by atoms with E-state index in [-0.39, 0.29) is 18.2 Å². The van der Waals surface area contributed by atoms with Gasteiger partial charge in [0.05, 0.1) is 24.7 Å². The van der Waals surface area contributed by atoms with Gasteiger partial charge in [-0.15, -0.1) is 0 Å². The molecule has 4 aliphatic heterocycles. The molecule has 0 spiro atoms. The topological polar surface area (TPSA) is 152 Å². The smallest absolute Gasteiger partial charge is 0.249 e. The first-order valence-electron chi connectivity index (χ1n) is 21.2. The van der Waals surface area contributed by atoms with Crippen molar-refractivity contribution in [3.05, 3.63) is 94.6 Å². The monoisotopic (exact) mass is 877 g/mol. The highest BCUT2D eigenvalue weighted by atomic mass is 35.5. The van der Waals surface area contributed by atoms with Gasteiger partial charge in [-0.25, -0.2) is 9.78 Å². The van der Waals surface area contributed by atoms with Gasteiger partial charge in [-0.05, 0) is 74.4 Å². The summed E-state index contributed by atoms with van der Waals surface area (Å²) in [5.74, 6) is 2.87. The number of nitrogens with one attached hydrogen (secondary N) is 3. The Morgan fingerprint density at radius 3 is 2.50 bits per heavy atom. The molecular weight excluding hydrogens is 825 g/mol. The first-order valence-corrected chi connectivity index (χ1v) is 24.2. The predicted octanol–water partition coefficient (Wildman–Crippen LogP) is 6.36. The van der Waals surface area contributed by atoms with Crippen LogP contribution in [0.25, 0.3) is 11.8 Å². The van der Waals surface area contributed by atoms with Gasteiger partial charge in [0.1, 0.15) is 29.7 Å². The van der Waals surface area contributed by atoms with Crippen molar-refractivity contribution in [2.24, 2.45) is 0 Å². The summed E-state index contributed by atoms with van der Waals surface area (Å²) in [6, 6.07) is 19.5. The Bertz CT molecular complexity index is 2450. The quantitative estimate of drug-likeness (QED) is 0.0778. The number of imide groups is 1. The number of aromatic nitrogens is 2. The van der Waals surface area contributed by atoms with Crippen LogP contribution < -0.4 is 30.9 Å². The Morgan fingerprint density at radius 1 is 0.968 bits per heavy atom. The Labute approximate surface area is 367 Å². The summed E-state index contributed by atoms with van der Waals surface area (Å²) >= 11 is 6.49. The van der Waals surface area contributed by atoms with Crippen LogP contribution in [0.3, 0.4) is 0 Å². The maximum atomic E-state index is 12.9. The highest BCUT2D eigenvalue weighted by molar-refractivity contribution is 7.70. The Kier molecular flexibility index (Phi) is 13.1. The fraction of sp³-hybridized carbons (Fsp3) is 0.391. The van der Waals surface area contributed by atoms with Crippen LogP contribution in [0, 0.1) is 0 Å². The number of amides is 2. The molecule has 3 N–H and O–H groups in total. The molecule has 14 nitrogen and oxygen atoms in total. The minimum absolute atomic E-state index is 0.258. The van der Waals surface area contributed by atoms with Gasteiger partial charge in [0, 0.05) is 87.4 Å². The van der Waals surface area contributed by atoms with Crippen LogP contribution in [0.15, 0.2) is 72.9 Å². The standard InChI is InChI=1S/C46H53ClN9O5P/c1-61-41-27-33(14-15-37(41)50-46-48-28-36(47)44(52-46)49-38-12-4-5-13-42(38)62(2,3)60)54-21-18-32(19-22-54)55-25-23-53(24-26-55)20-7-6-9-31-10-8-11-34-35(31)29-56(40(34)30-57)39-16-17-43(58)51-45(39)59/h4-6,8-15,27-28,32,39H,7,16-26,29H2,1-3H3,(H,51,58,59)(H2,48,49,50,52)/b9-6-. The third kappa shape index (κ3) is 9.60. The zero-order valence-corrected chi connectivity index (χ0v) is 37.1. The van der Waals surface area contributed by atoms with Crippen molar-refractivity contribution in [2.75, 3.05) is 81.8 Å². The van der Waals surface area contributed by atoms with E-state index in [1.807, 2.05) is 48.5 Å². The third-order valence-corrected chi connectivity index (χ3v) is 14.2. The Hall–Kier alpha value is -5.49. The molecule has 2 amide bonds. The zero-order chi connectivity index (χ0) is 43.4. The largest absolute Gasteiger partial charge is 0.494 e. The highest BCUT2D eigenvalue weighted by Crippen LogP contribution is 2.40. The van der Waals surface area contributed by atoms with Crippen molar-refractivity contribution >= 4 is 82.4 Å². The molecule has 1 atom stereocenters. The van der Waals surface area contributed by atoms with Crippen molar-refractivity contribution < 1.29 is 23.7 Å². The van der Waals surface area contributed by atoms with Crippen molar-refractivity contribution in [1.29, 1.82) is 0 Å². The highest BCUT2D eigenvalue weighted by Gasteiger charge is 2.38. The van der Waals surface area contributed by atoms with E-state index in [1.165, 1.54) is 6.20 Å². The van der Waals surface area contributed by atoms with Gasteiger partial charge in [-0.1, -0.05) is 54.1 Å². The maximum absolute atomic E-state index is 12.9. The summed E-state index contributed by atoms with van der Waals surface area (Å²) in [4.78, 5) is 54.8. The van der Waals surface area contributed by atoms with E-state index in [4.69, 9.17) is 16.3 Å². The number of hydrogen-bond donors (Lipinski definition) is 3. The van der Waals surface area contributed by atoms with Crippen LogP contribution in [0.4, 0.5) is 28.8 Å². The molecule has 0 bridgehead atoms. The fourth-order valence-electron chi connectivity index (χ4n) is 9.02. The van der Waals surface area contributed by atoms with Gasteiger partial charge in [-0.2, -0.15) is 4.98 Å². The van der Waals surface area contributed by atoms with Gasteiger partial charge in [0.25, 0.3) is 0 Å². The maximum Gasteiger partial charge on any atom is 0.249 e. The molecule has 3 aromatic carbocycles. The lowest BCUT2D eigenvalue weighted by Gasteiger charge is -2.43. The molecule has 0 saturated carbocycles. The second-order valence-corrected chi connectivity index (χ2v) is 20.2. The molecule has 4 aliphatic rings. The summed E-state index contributed by atoms with van der Waals surface area (Å²) in [5.41, 5.74) is 5.76. The molecule has 62 heavy (non-hydrogen) atoms. The lowest BCUT2D eigenvalue weighted by Crippen LogP contribution is -2.53. The number of rotatable bonds is 13. The second kappa shape index (κ2) is 18.9. The number of methoxy groups -OCH3 is 1. The summed E-state index contributed by atoms with van der Waals surface area (Å²) < 4.78 is 18.7. The van der Waals surface area contributed by atoms with E-state index < -0.39 is 13.2 Å². The number of piperazine rings is 1. The van der Waals surface area contributed by atoms with E-state index in [1.54, 1.807) is 25.3 Å². The number of nitrogens with zero attached hydrogens (tertiary/aromatic N) is 6. The van der Waals surface area contributed by atoms with E-state index in [2.05, 4.69) is 70.8 Å². The third-order valence-electron chi connectivity index (χ3n) is 12.3. The first kappa shape index (κ1) is 43.2. The number of fused-ring (bicyclic) bond motifs is 1. The van der Waals surface area contributed by atoms with Crippen molar-refractivity contribution in [2.45, 2.75) is 50.7 Å². The van der Waals surface area contributed by atoms with Crippen LogP contribution in [0.5, 0.6) is 5.75 Å². The molecule has 0 radical (unpaired) electrons. The second-order valence-electron chi connectivity index (χ2n) is 16.6. The lowest BCUT2D eigenvalue weighted by atomic mass is 10.0. The molecule has 8 rings (SSSR count). The average molecular weight is 878 g/mol. The van der Waals surface area contributed by atoms with Gasteiger partial charge in [0.2, 0.25) is 17.8 Å². The number of piperidine rings is 2. The van der Waals surface area contributed by atoms with Gasteiger partial charge in [0.15, 0.2) is 11.8 Å². The van der Waals surface area contributed by atoms with Gasteiger partial charge < -0.3 is 34.6 Å². The summed E-state index contributed by atoms with van der Waals surface area (Å²) in [7, 11) is -0.890. The minimum atomic E-state index is -2.55. The number of carbonyl (C=O) groups excluding carboxylic acids is 3. The van der Waals surface area contributed by atoms with E-state index in [0.717, 1.165) is 98.4 Å². The summed E-state index contributed by atoms with van der Waals surface area (Å²) in [6.07, 6.45) is 9.61. The van der Waals surface area contributed by atoms with Crippen molar-refractivity contribution in [3.8, 4) is 5.75 Å². The molecular formula is C46H53ClN9O5P. The van der Waals surface area contributed by atoms with E-state index in [9.17, 15) is 18.9 Å². The number of anilines is 5. The number of carbonyl (C=O) groups is 2. The fourth-order valence-corrected chi connectivity index (χ4v) is 10.3. The number of ether oxygens (including phenoxy) is 1. The minimum Gasteiger partial charge on any atom is -0.494 e. The van der Waals surface area contributed by atoms with E-state index >= 15 is 0 Å². The lowest BCUT2D eigenvalue weighted by molar-refractivity contribution is -0.136. The van der Waals surface area contributed by atoms with Gasteiger partial charge >= 0.3 is 0 Å². The molecule has 5 heterocycles. The SMILES string of the molecule is COc1cc(N2CCC(N3CCN(CC/C=C\c4cccc5c4CN(C4CCC(=O)NC4=O)C5=C=O)CC3)CC2)ccc1Nc1ncc(Cl)c(Nc2ccccc2P(C)(C)=O)n1. The molecule has 324 valence electrons. The molecule has 0 aliphatic carbocycles. The van der Waals surface area contributed by atoms with Gasteiger partial charge in [-0.3, -0.25) is 19.8 Å².